The van der Waals surface area contributed by atoms with Crippen molar-refractivity contribution in [2.75, 3.05) is 17.5 Å². The lowest BCUT2D eigenvalue weighted by Gasteiger charge is -2.15. The molecule has 1 unspecified atom stereocenters. The molecular weight excluding hydrogens is 606 g/mol. The SMILES string of the molecule is CNC(=O)c1c(-c2ccc(F)cc2)oc2cc(NS(=O)(=O)CCCC(O)c3cc(F)ccc3Br)c(C3CC3)cc12. The van der Waals surface area contributed by atoms with E-state index in [0.29, 0.717) is 32.3 Å². The third kappa shape index (κ3) is 6.06. The third-order valence-electron chi connectivity index (χ3n) is 6.91. The Hall–Kier alpha value is -3.28. The topological polar surface area (TPSA) is 109 Å². The van der Waals surface area contributed by atoms with Gasteiger partial charge in [-0.2, -0.15) is 0 Å². The standard InChI is InChI=1S/C29H27BrF2N2O5S/c1-33-29(36)27-22-14-20(16-4-5-16)24(15-26(22)39-28(27)17-6-8-18(31)9-7-17)34-40(37,38)12-2-3-25(35)21-13-19(32)10-11-23(21)30/h6-11,13-16,25,34-35H,2-5,12H2,1H3,(H,33,36). The molecule has 210 valence electrons. The number of nitrogens with one attached hydrogen (secondary N) is 2. The second-order valence-corrected chi connectivity index (χ2v) is 12.5. The maximum Gasteiger partial charge on any atom is 0.255 e. The molecule has 0 aliphatic heterocycles. The molecule has 0 radical (unpaired) electrons. The average Bonchev–Trinajstić information content (AvgIpc) is 3.69. The number of benzene rings is 3. The highest BCUT2D eigenvalue weighted by Gasteiger charge is 2.31. The summed E-state index contributed by atoms with van der Waals surface area (Å²) in [5.74, 6) is -1.16. The van der Waals surface area contributed by atoms with Crippen molar-refractivity contribution in [2.45, 2.75) is 37.7 Å². The minimum atomic E-state index is -3.82. The molecule has 1 saturated carbocycles. The number of anilines is 1. The number of sulfonamides is 1. The van der Waals surface area contributed by atoms with Gasteiger partial charge in [-0.25, -0.2) is 17.2 Å². The first-order chi connectivity index (χ1) is 19.1. The van der Waals surface area contributed by atoms with Crippen LogP contribution in [0.15, 0.2) is 63.5 Å². The molecule has 0 spiro atoms. The van der Waals surface area contributed by atoms with Crippen LogP contribution < -0.4 is 10.0 Å². The zero-order valence-electron chi connectivity index (χ0n) is 21.5. The van der Waals surface area contributed by atoms with Gasteiger partial charge >= 0.3 is 0 Å². The van der Waals surface area contributed by atoms with Crippen molar-refractivity contribution < 1.29 is 31.5 Å². The molecule has 40 heavy (non-hydrogen) atoms. The monoisotopic (exact) mass is 632 g/mol. The molecular formula is C29H27BrF2N2O5S. The van der Waals surface area contributed by atoms with E-state index in [9.17, 15) is 27.1 Å². The third-order valence-corrected chi connectivity index (χ3v) is 8.99. The summed E-state index contributed by atoms with van der Waals surface area (Å²) >= 11 is 3.28. The van der Waals surface area contributed by atoms with Crippen molar-refractivity contribution in [1.29, 1.82) is 0 Å². The number of aliphatic hydroxyl groups excluding tert-OH is 1. The molecule has 4 aromatic rings. The number of halogens is 3. The van der Waals surface area contributed by atoms with Crippen molar-refractivity contribution in [3.8, 4) is 11.3 Å². The van der Waals surface area contributed by atoms with Crippen LogP contribution in [0.2, 0.25) is 0 Å². The zero-order valence-corrected chi connectivity index (χ0v) is 23.9. The number of aliphatic hydroxyl groups is 1. The molecule has 3 aromatic carbocycles. The van der Waals surface area contributed by atoms with E-state index in [-0.39, 0.29) is 41.7 Å². The Balaban J connectivity index is 1.42. The van der Waals surface area contributed by atoms with Crippen LogP contribution in [0.25, 0.3) is 22.3 Å². The minimum absolute atomic E-state index is 0.117. The highest BCUT2D eigenvalue weighted by atomic mass is 79.9. The fraction of sp³-hybridized carbons (Fsp3) is 0.276. The van der Waals surface area contributed by atoms with Gasteiger partial charge in [-0.3, -0.25) is 9.52 Å². The van der Waals surface area contributed by atoms with Crippen LogP contribution in [-0.4, -0.2) is 32.2 Å². The number of carbonyl (C=O) groups is 1. The van der Waals surface area contributed by atoms with Crippen molar-refractivity contribution >= 4 is 48.5 Å². The summed E-state index contributed by atoms with van der Waals surface area (Å²) in [4.78, 5) is 12.9. The smallest absolute Gasteiger partial charge is 0.255 e. The van der Waals surface area contributed by atoms with E-state index in [1.807, 2.05) is 0 Å². The van der Waals surface area contributed by atoms with Crippen LogP contribution in [0.3, 0.4) is 0 Å². The van der Waals surface area contributed by atoms with Crippen LogP contribution in [0.1, 0.15) is 59.2 Å². The second-order valence-electron chi connectivity index (χ2n) is 9.85. The number of carbonyl (C=O) groups excluding carboxylic acids is 1. The summed E-state index contributed by atoms with van der Waals surface area (Å²) in [7, 11) is -2.31. The highest BCUT2D eigenvalue weighted by Crippen LogP contribution is 2.47. The Morgan fingerprint density at radius 3 is 2.48 bits per heavy atom. The maximum absolute atomic E-state index is 13.6. The summed E-state index contributed by atoms with van der Waals surface area (Å²) in [6, 6.07) is 12.9. The fourth-order valence-electron chi connectivity index (χ4n) is 4.75. The molecule has 1 atom stereocenters. The summed E-state index contributed by atoms with van der Waals surface area (Å²) in [6.07, 6.45) is 0.984. The molecule has 1 aliphatic rings. The Bertz CT molecular complexity index is 1690. The van der Waals surface area contributed by atoms with E-state index in [0.717, 1.165) is 18.4 Å². The van der Waals surface area contributed by atoms with E-state index in [2.05, 4.69) is 26.0 Å². The summed E-state index contributed by atoms with van der Waals surface area (Å²) in [5, 5.41) is 13.6. The average molecular weight is 634 g/mol. The number of fused-ring (bicyclic) bond motifs is 1. The van der Waals surface area contributed by atoms with Crippen molar-refractivity contribution in [2.24, 2.45) is 0 Å². The number of rotatable bonds is 10. The van der Waals surface area contributed by atoms with Crippen molar-refractivity contribution in [3.63, 3.8) is 0 Å². The van der Waals surface area contributed by atoms with Gasteiger partial charge < -0.3 is 14.8 Å². The molecule has 1 amide bonds. The van der Waals surface area contributed by atoms with E-state index in [1.54, 1.807) is 12.1 Å². The zero-order chi connectivity index (χ0) is 28.6. The van der Waals surface area contributed by atoms with Crippen LogP contribution in [0.5, 0.6) is 0 Å². The van der Waals surface area contributed by atoms with Gasteiger partial charge in [0.1, 0.15) is 23.0 Å². The Morgan fingerprint density at radius 1 is 1.10 bits per heavy atom. The summed E-state index contributed by atoms with van der Waals surface area (Å²) in [5.41, 5.74) is 2.59. The molecule has 7 nitrogen and oxygen atoms in total. The lowest BCUT2D eigenvalue weighted by Crippen LogP contribution is -2.19. The Morgan fingerprint density at radius 2 is 1.80 bits per heavy atom. The van der Waals surface area contributed by atoms with Crippen LogP contribution in [0.4, 0.5) is 14.5 Å². The summed E-state index contributed by atoms with van der Waals surface area (Å²) in [6.45, 7) is 0. The van der Waals surface area contributed by atoms with Crippen LogP contribution >= 0.6 is 15.9 Å². The maximum atomic E-state index is 13.6. The lowest BCUT2D eigenvalue weighted by atomic mass is 10.0. The van der Waals surface area contributed by atoms with Crippen molar-refractivity contribution in [1.82, 2.24) is 5.32 Å². The highest BCUT2D eigenvalue weighted by molar-refractivity contribution is 9.10. The number of hydrogen-bond acceptors (Lipinski definition) is 5. The molecule has 1 aliphatic carbocycles. The van der Waals surface area contributed by atoms with Gasteiger partial charge in [0.15, 0.2) is 0 Å². The quantitative estimate of drug-likeness (QED) is 0.182. The van der Waals surface area contributed by atoms with Crippen molar-refractivity contribution in [3.05, 3.63) is 87.4 Å². The van der Waals surface area contributed by atoms with Gasteiger partial charge in [-0.15, -0.1) is 0 Å². The van der Waals surface area contributed by atoms with Gasteiger partial charge in [-0.1, -0.05) is 15.9 Å². The summed E-state index contributed by atoms with van der Waals surface area (Å²) < 4.78 is 62.5. The van der Waals surface area contributed by atoms with Gasteiger partial charge in [0.2, 0.25) is 10.0 Å². The number of hydrogen-bond donors (Lipinski definition) is 3. The van der Waals surface area contributed by atoms with E-state index >= 15 is 0 Å². The van der Waals surface area contributed by atoms with E-state index in [1.165, 1.54) is 49.5 Å². The Labute approximate surface area is 238 Å². The first-order valence-corrected chi connectivity index (χ1v) is 15.2. The molecule has 0 saturated heterocycles. The fourth-order valence-corrected chi connectivity index (χ4v) is 6.42. The van der Waals surface area contributed by atoms with Crippen LogP contribution in [0, 0.1) is 11.6 Å². The Kier molecular flexibility index (Phi) is 7.98. The van der Waals surface area contributed by atoms with Gasteiger partial charge in [0, 0.05) is 28.5 Å². The number of furan rings is 1. The predicted molar refractivity (Wildman–Crippen MR) is 153 cm³/mol. The van der Waals surface area contributed by atoms with Gasteiger partial charge in [-0.05, 0) is 91.3 Å². The lowest BCUT2D eigenvalue weighted by molar-refractivity contribution is 0.0964. The minimum Gasteiger partial charge on any atom is -0.455 e. The second kappa shape index (κ2) is 11.3. The van der Waals surface area contributed by atoms with E-state index < -0.39 is 27.8 Å². The largest absolute Gasteiger partial charge is 0.455 e. The van der Waals surface area contributed by atoms with Gasteiger partial charge in [0.25, 0.3) is 5.91 Å². The molecule has 1 heterocycles. The first kappa shape index (κ1) is 28.3. The van der Waals surface area contributed by atoms with E-state index in [4.69, 9.17) is 4.42 Å². The normalized spacial score (nSPS) is 14.3. The molecule has 1 aromatic heterocycles. The first-order valence-electron chi connectivity index (χ1n) is 12.8. The molecule has 5 rings (SSSR count). The molecule has 11 heteroatoms. The van der Waals surface area contributed by atoms with Gasteiger partial charge in [0.05, 0.1) is 23.1 Å². The van der Waals surface area contributed by atoms with Crippen LogP contribution in [-0.2, 0) is 10.0 Å². The molecule has 3 N–H and O–H groups in total. The predicted octanol–water partition coefficient (Wildman–Crippen LogP) is 6.63. The molecule has 1 fully saturated rings. The molecule has 0 bridgehead atoms. The number of amides is 1.